The van der Waals surface area contributed by atoms with Crippen molar-refractivity contribution in [3.63, 3.8) is 0 Å². The van der Waals surface area contributed by atoms with Gasteiger partial charge >= 0.3 is 5.69 Å². The van der Waals surface area contributed by atoms with Gasteiger partial charge in [-0.3, -0.25) is 19.0 Å². The molecule has 0 saturated carbocycles. The average Bonchev–Trinajstić information content (AvgIpc) is 3.05. The van der Waals surface area contributed by atoms with Gasteiger partial charge in [0.15, 0.2) is 0 Å². The molecule has 0 radical (unpaired) electrons. The van der Waals surface area contributed by atoms with Crippen LogP contribution < -0.4 is 21.9 Å². The number of aromatic nitrogens is 2. The summed E-state index contributed by atoms with van der Waals surface area (Å²) in [5, 5.41) is 14.1. The highest BCUT2D eigenvalue weighted by molar-refractivity contribution is 5.84. The molecule has 0 saturated heterocycles. The van der Waals surface area contributed by atoms with Gasteiger partial charge in [-0.25, -0.2) is 9.36 Å². The van der Waals surface area contributed by atoms with Crippen molar-refractivity contribution in [2.45, 2.75) is 39.3 Å². The number of carbonyl (C=O) groups excluding carboxylic acids is 2. The van der Waals surface area contributed by atoms with Crippen molar-refractivity contribution in [1.29, 1.82) is 5.26 Å². The largest absolute Gasteiger partial charge is 0.355 e. The van der Waals surface area contributed by atoms with E-state index in [4.69, 9.17) is 5.26 Å². The van der Waals surface area contributed by atoms with E-state index in [1.807, 2.05) is 13.0 Å². The molecule has 2 amide bonds. The summed E-state index contributed by atoms with van der Waals surface area (Å²) < 4.78 is 2.11. The summed E-state index contributed by atoms with van der Waals surface area (Å²) in [5.74, 6) is -0.982. The highest BCUT2D eigenvalue weighted by atomic mass is 16.2. The summed E-state index contributed by atoms with van der Waals surface area (Å²) >= 11 is 0. The highest BCUT2D eigenvalue weighted by Crippen LogP contribution is 2.12. The normalized spacial score (nSPS) is 12.3. The number of nitrogens with one attached hydrogen (secondary N) is 2. The Kier molecular flexibility index (Phi) is 5.52. The van der Waals surface area contributed by atoms with E-state index in [2.05, 4.69) is 10.6 Å². The molecule has 1 aromatic heterocycles. The van der Waals surface area contributed by atoms with Crippen LogP contribution in [0.15, 0.2) is 9.59 Å². The fourth-order valence-corrected chi connectivity index (χ4v) is 2.59. The Labute approximate surface area is 137 Å². The molecular weight excluding hydrogens is 314 g/mol. The zero-order valence-corrected chi connectivity index (χ0v) is 13.4. The van der Waals surface area contributed by atoms with Gasteiger partial charge in [0.25, 0.3) is 5.56 Å². The molecule has 9 heteroatoms. The third kappa shape index (κ3) is 3.53. The van der Waals surface area contributed by atoms with Crippen LogP contribution in [0.1, 0.15) is 31.0 Å². The first-order valence-corrected chi connectivity index (χ1v) is 7.79. The molecular formula is C15H19N5O4. The summed E-state index contributed by atoms with van der Waals surface area (Å²) in [4.78, 5) is 47.9. The van der Waals surface area contributed by atoms with E-state index < -0.39 is 23.7 Å². The number of rotatable bonds is 6. The van der Waals surface area contributed by atoms with E-state index in [1.165, 1.54) is 4.57 Å². The summed E-state index contributed by atoms with van der Waals surface area (Å²) in [6.45, 7) is 2.08. The fraction of sp³-hybridized carbons (Fsp3) is 0.533. The van der Waals surface area contributed by atoms with Gasteiger partial charge in [0.1, 0.15) is 18.2 Å². The molecule has 1 aromatic rings. The lowest BCUT2D eigenvalue weighted by Gasteiger charge is -2.11. The van der Waals surface area contributed by atoms with Crippen LogP contribution in [-0.2, 0) is 29.1 Å². The highest BCUT2D eigenvalue weighted by Gasteiger charge is 2.23. The number of fused-ring (bicyclic) bond motifs is 1. The minimum atomic E-state index is -0.763. The van der Waals surface area contributed by atoms with Crippen LogP contribution >= 0.6 is 0 Å². The summed E-state index contributed by atoms with van der Waals surface area (Å²) in [6.07, 6.45) is 1.95. The number of nitriles is 1. The third-order valence-electron chi connectivity index (χ3n) is 3.76. The Morgan fingerprint density at radius 1 is 1.25 bits per heavy atom. The van der Waals surface area contributed by atoms with Crippen LogP contribution in [0, 0.1) is 11.3 Å². The minimum Gasteiger partial charge on any atom is -0.355 e. The lowest BCUT2D eigenvalue weighted by molar-refractivity contribution is -0.126. The first-order valence-electron chi connectivity index (χ1n) is 7.79. The van der Waals surface area contributed by atoms with Crippen LogP contribution in [-0.4, -0.2) is 34.0 Å². The molecule has 0 atom stereocenters. The maximum absolute atomic E-state index is 12.3. The molecule has 1 aliphatic heterocycles. The zero-order valence-electron chi connectivity index (χ0n) is 13.4. The van der Waals surface area contributed by atoms with Crippen molar-refractivity contribution < 1.29 is 9.59 Å². The molecule has 0 spiro atoms. The number of amides is 2. The third-order valence-corrected chi connectivity index (χ3v) is 3.76. The van der Waals surface area contributed by atoms with E-state index in [9.17, 15) is 19.2 Å². The van der Waals surface area contributed by atoms with Crippen molar-refractivity contribution in [3.05, 3.63) is 32.1 Å². The molecule has 0 unspecified atom stereocenters. The van der Waals surface area contributed by atoms with Crippen molar-refractivity contribution in [3.8, 4) is 6.07 Å². The van der Waals surface area contributed by atoms with Crippen molar-refractivity contribution >= 4 is 11.8 Å². The second-order valence-corrected chi connectivity index (χ2v) is 5.49. The van der Waals surface area contributed by atoms with Crippen LogP contribution in [0.25, 0.3) is 0 Å². The Hall–Kier alpha value is -2.89. The molecule has 2 N–H and O–H groups in total. The Morgan fingerprint density at radius 2 is 2.00 bits per heavy atom. The Morgan fingerprint density at radius 3 is 2.67 bits per heavy atom. The van der Waals surface area contributed by atoms with Gasteiger partial charge < -0.3 is 10.6 Å². The van der Waals surface area contributed by atoms with Gasteiger partial charge in [0, 0.05) is 18.8 Å². The number of hydrogen-bond donors (Lipinski definition) is 2. The van der Waals surface area contributed by atoms with Gasteiger partial charge in [-0.05, 0) is 19.3 Å². The van der Waals surface area contributed by atoms with E-state index in [0.717, 1.165) is 11.0 Å². The topological polar surface area (TPSA) is 126 Å². The molecule has 0 aliphatic carbocycles. The molecule has 9 nitrogen and oxygen atoms in total. The average molecular weight is 333 g/mol. The monoisotopic (exact) mass is 333 g/mol. The molecule has 128 valence electrons. The second-order valence-electron chi connectivity index (χ2n) is 5.49. The van der Waals surface area contributed by atoms with Crippen molar-refractivity contribution in [2.24, 2.45) is 0 Å². The van der Waals surface area contributed by atoms with Crippen LogP contribution in [0.4, 0.5) is 0 Å². The summed E-state index contributed by atoms with van der Waals surface area (Å²) in [7, 11) is 0. The first kappa shape index (κ1) is 17.5. The van der Waals surface area contributed by atoms with Gasteiger partial charge in [0.2, 0.25) is 11.8 Å². The zero-order chi connectivity index (χ0) is 17.7. The van der Waals surface area contributed by atoms with Gasteiger partial charge in [-0.2, -0.15) is 5.26 Å². The van der Waals surface area contributed by atoms with Gasteiger partial charge in [-0.1, -0.05) is 6.92 Å². The molecule has 2 heterocycles. The molecule has 0 fully saturated rings. The van der Waals surface area contributed by atoms with Crippen LogP contribution in [0.3, 0.4) is 0 Å². The smallest absolute Gasteiger partial charge is 0.331 e. The van der Waals surface area contributed by atoms with E-state index in [0.29, 0.717) is 31.6 Å². The maximum Gasteiger partial charge on any atom is 0.331 e. The van der Waals surface area contributed by atoms with Crippen molar-refractivity contribution in [2.75, 3.05) is 13.1 Å². The second kappa shape index (κ2) is 7.59. The first-order chi connectivity index (χ1) is 11.5. The van der Waals surface area contributed by atoms with E-state index >= 15 is 0 Å². The Balaban J connectivity index is 2.15. The SMILES string of the molecule is CCCNC(=O)CNC(=O)Cn1c(=O)c(C#N)c2n(c1=O)CCC2. The maximum atomic E-state index is 12.3. The van der Waals surface area contributed by atoms with Crippen LogP contribution in [0.2, 0.25) is 0 Å². The molecule has 1 aliphatic rings. The number of hydrogen-bond acceptors (Lipinski definition) is 5. The van der Waals surface area contributed by atoms with E-state index in [1.54, 1.807) is 0 Å². The minimum absolute atomic E-state index is 0.0967. The van der Waals surface area contributed by atoms with Crippen LogP contribution in [0.5, 0.6) is 0 Å². The number of nitrogens with zero attached hydrogens (tertiary/aromatic N) is 3. The lowest BCUT2D eigenvalue weighted by Crippen LogP contribution is -2.46. The predicted molar refractivity (Wildman–Crippen MR) is 84.3 cm³/mol. The summed E-state index contributed by atoms with van der Waals surface area (Å²) in [5.41, 5.74) is -1.03. The lowest BCUT2D eigenvalue weighted by atomic mass is 10.2. The summed E-state index contributed by atoms with van der Waals surface area (Å²) in [6, 6.07) is 1.82. The molecule has 24 heavy (non-hydrogen) atoms. The molecule has 0 bridgehead atoms. The van der Waals surface area contributed by atoms with Gasteiger partial charge in [-0.15, -0.1) is 0 Å². The van der Waals surface area contributed by atoms with Crippen molar-refractivity contribution in [1.82, 2.24) is 19.8 Å². The number of carbonyl (C=O) groups is 2. The predicted octanol–water partition coefficient (Wildman–Crippen LogP) is -1.53. The molecule has 0 aromatic carbocycles. The van der Waals surface area contributed by atoms with Gasteiger partial charge in [0.05, 0.1) is 6.54 Å². The quantitative estimate of drug-likeness (QED) is 0.653. The standard InChI is InChI=1S/C15H19N5O4/c1-2-5-17-12(21)8-18-13(22)9-20-14(23)10(7-16)11-4-3-6-19(11)15(20)24/h2-6,8-9H2,1H3,(H,17,21)(H,18,22). The Bertz CT molecular complexity index is 815. The fourth-order valence-electron chi connectivity index (χ4n) is 2.59. The van der Waals surface area contributed by atoms with E-state index in [-0.39, 0.29) is 18.0 Å². The molecule has 2 rings (SSSR count).